The fraction of sp³-hybridized carbons (Fsp3) is 0.385. The van der Waals surface area contributed by atoms with Crippen molar-refractivity contribution in [2.45, 2.75) is 26.3 Å². The van der Waals surface area contributed by atoms with Crippen molar-refractivity contribution in [2.75, 3.05) is 11.9 Å². The molecule has 0 bridgehead atoms. The molecule has 0 saturated carbocycles. The molecule has 8 heteroatoms. The van der Waals surface area contributed by atoms with Crippen molar-refractivity contribution < 1.29 is 19.6 Å². The lowest BCUT2D eigenvalue weighted by molar-refractivity contribution is -0.384. The number of anilines is 1. The number of hydrogen-bond donors (Lipinski definition) is 2. The molecule has 0 aromatic heterocycles. The second-order valence-corrected chi connectivity index (χ2v) is 5.38. The summed E-state index contributed by atoms with van der Waals surface area (Å²) in [7, 11) is 0. The number of urea groups is 1. The van der Waals surface area contributed by atoms with Crippen molar-refractivity contribution in [2.24, 2.45) is 0 Å². The number of carboxylic acid groups (broad SMARTS) is 1. The topological polar surface area (TPSA) is 113 Å². The first-order valence-corrected chi connectivity index (χ1v) is 6.16. The van der Waals surface area contributed by atoms with E-state index in [-0.39, 0.29) is 5.69 Å². The van der Waals surface area contributed by atoms with Crippen LogP contribution in [0.1, 0.15) is 20.8 Å². The molecular weight excluding hydrogens is 278 g/mol. The van der Waals surface area contributed by atoms with Crippen molar-refractivity contribution >= 4 is 23.4 Å². The molecule has 1 aromatic rings. The van der Waals surface area contributed by atoms with Gasteiger partial charge in [0.25, 0.3) is 5.69 Å². The van der Waals surface area contributed by atoms with E-state index in [2.05, 4.69) is 5.32 Å². The van der Waals surface area contributed by atoms with Crippen LogP contribution in [0, 0.1) is 10.1 Å². The Kier molecular flexibility index (Phi) is 4.85. The highest BCUT2D eigenvalue weighted by Gasteiger charge is 2.28. The Morgan fingerprint density at radius 3 is 2.19 bits per heavy atom. The zero-order valence-electron chi connectivity index (χ0n) is 12.0. The summed E-state index contributed by atoms with van der Waals surface area (Å²) in [6.45, 7) is 4.70. The van der Waals surface area contributed by atoms with Crippen molar-refractivity contribution in [3.63, 3.8) is 0 Å². The van der Waals surface area contributed by atoms with E-state index in [0.29, 0.717) is 5.69 Å². The van der Waals surface area contributed by atoms with Crippen LogP contribution in [0.2, 0.25) is 0 Å². The van der Waals surface area contributed by atoms with E-state index in [1.807, 2.05) is 0 Å². The van der Waals surface area contributed by atoms with Gasteiger partial charge in [-0.15, -0.1) is 0 Å². The molecular formula is C13H17N3O5. The van der Waals surface area contributed by atoms with Crippen LogP contribution < -0.4 is 5.32 Å². The zero-order chi connectivity index (χ0) is 16.2. The number of carbonyl (C=O) groups is 2. The highest BCUT2D eigenvalue weighted by Crippen LogP contribution is 2.18. The Balaban J connectivity index is 2.86. The summed E-state index contributed by atoms with van der Waals surface area (Å²) in [5.41, 5.74) is -0.417. The van der Waals surface area contributed by atoms with Crippen LogP contribution in [0.25, 0.3) is 0 Å². The summed E-state index contributed by atoms with van der Waals surface area (Å²) in [6.07, 6.45) is 0. The molecule has 1 rings (SSSR count). The molecule has 8 nitrogen and oxygen atoms in total. The fourth-order valence-corrected chi connectivity index (χ4v) is 1.61. The Hall–Kier alpha value is -2.64. The summed E-state index contributed by atoms with van der Waals surface area (Å²) in [6, 6.07) is 4.70. The van der Waals surface area contributed by atoms with E-state index >= 15 is 0 Å². The van der Waals surface area contributed by atoms with Gasteiger partial charge in [0, 0.05) is 23.4 Å². The molecule has 114 valence electrons. The molecule has 0 aliphatic rings. The van der Waals surface area contributed by atoms with Crippen LogP contribution in [-0.4, -0.2) is 39.0 Å². The molecule has 0 unspecified atom stereocenters. The first-order valence-electron chi connectivity index (χ1n) is 6.16. The Bertz CT molecular complexity index is 548. The number of aliphatic carboxylic acids is 1. The minimum atomic E-state index is -1.12. The zero-order valence-corrected chi connectivity index (χ0v) is 12.0. The van der Waals surface area contributed by atoms with E-state index in [1.165, 1.54) is 24.3 Å². The van der Waals surface area contributed by atoms with Gasteiger partial charge in [-0.25, -0.2) is 4.79 Å². The van der Waals surface area contributed by atoms with Gasteiger partial charge in [-0.2, -0.15) is 0 Å². The molecule has 0 aliphatic carbocycles. The molecule has 21 heavy (non-hydrogen) atoms. The number of non-ortho nitro benzene ring substituents is 1. The molecule has 0 saturated heterocycles. The van der Waals surface area contributed by atoms with Crippen LogP contribution in [0.3, 0.4) is 0 Å². The van der Waals surface area contributed by atoms with Gasteiger partial charge >= 0.3 is 12.0 Å². The van der Waals surface area contributed by atoms with Gasteiger partial charge in [0.1, 0.15) is 6.54 Å². The fourth-order valence-electron chi connectivity index (χ4n) is 1.61. The molecule has 0 spiro atoms. The average molecular weight is 295 g/mol. The maximum absolute atomic E-state index is 12.1. The first kappa shape index (κ1) is 16.4. The summed E-state index contributed by atoms with van der Waals surface area (Å²) in [5.74, 6) is -1.12. The van der Waals surface area contributed by atoms with Crippen LogP contribution in [0.4, 0.5) is 16.2 Å². The maximum atomic E-state index is 12.1. The maximum Gasteiger partial charge on any atom is 0.323 e. The highest BCUT2D eigenvalue weighted by atomic mass is 16.6. The van der Waals surface area contributed by atoms with Crippen LogP contribution in [0.15, 0.2) is 24.3 Å². The largest absolute Gasteiger partial charge is 0.480 e. The Labute approximate surface area is 121 Å². The number of nitro groups is 1. The van der Waals surface area contributed by atoms with Gasteiger partial charge in [0.15, 0.2) is 0 Å². The number of rotatable bonds is 4. The number of amides is 2. The molecule has 0 atom stereocenters. The minimum Gasteiger partial charge on any atom is -0.480 e. The monoisotopic (exact) mass is 295 g/mol. The number of nitrogens with zero attached hydrogens (tertiary/aromatic N) is 2. The lowest BCUT2D eigenvalue weighted by Gasteiger charge is -2.34. The quantitative estimate of drug-likeness (QED) is 0.653. The molecule has 0 aliphatic heterocycles. The van der Waals surface area contributed by atoms with Gasteiger partial charge in [-0.1, -0.05) is 0 Å². The Morgan fingerprint density at radius 1 is 1.29 bits per heavy atom. The van der Waals surface area contributed by atoms with Gasteiger partial charge in [0.2, 0.25) is 0 Å². The number of nitro benzene ring substituents is 1. The first-order chi connectivity index (χ1) is 9.61. The minimum absolute atomic E-state index is 0.0915. The van der Waals surface area contributed by atoms with E-state index in [0.717, 1.165) is 4.90 Å². The lowest BCUT2D eigenvalue weighted by Crippen LogP contribution is -2.50. The third-order valence-corrected chi connectivity index (χ3v) is 2.68. The van der Waals surface area contributed by atoms with Crippen LogP contribution in [-0.2, 0) is 4.79 Å². The molecule has 1 aromatic carbocycles. The van der Waals surface area contributed by atoms with Gasteiger partial charge in [-0.3, -0.25) is 14.9 Å². The smallest absolute Gasteiger partial charge is 0.323 e. The van der Waals surface area contributed by atoms with Crippen LogP contribution >= 0.6 is 0 Å². The number of nitrogens with one attached hydrogen (secondary N) is 1. The molecule has 0 radical (unpaired) electrons. The summed E-state index contributed by atoms with van der Waals surface area (Å²) in [5, 5.41) is 21.9. The van der Waals surface area contributed by atoms with Gasteiger partial charge < -0.3 is 15.3 Å². The number of carbonyl (C=O) groups excluding carboxylic acids is 1. The SMILES string of the molecule is CC(C)(C)N(CC(=O)O)C(=O)Nc1ccc([N+](=O)[O-])cc1. The number of benzene rings is 1. The van der Waals surface area contributed by atoms with E-state index in [4.69, 9.17) is 5.11 Å². The number of carboxylic acids is 1. The van der Waals surface area contributed by atoms with Crippen LogP contribution in [0.5, 0.6) is 0 Å². The second-order valence-electron chi connectivity index (χ2n) is 5.38. The van der Waals surface area contributed by atoms with Crippen molar-refractivity contribution in [1.29, 1.82) is 0 Å². The molecule has 0 fully saturated rings. The van der Waals surface area contributed by atoms with E-state index in [9.17, 15) is 19.7 Å². The standard InChI is InChI=1S/C13H17N3O5/c1-13(2,3)15(8-11(17)18)12(19)14-9-4-6-10(7-5-9)16(20)21/h4-7H,8H2,1-3H3,(H,14,19)(H,17,18). The predicted molar refractivity (Wildman–Crippen MR) is 76.2 cm³/mol. The van der Waals surface area contributed by atoms with E-state index < -0.39 is 29.0 Å². The van der Waals surface area contributed by atoms with Gasteiger partial charge in [0.05, 0.1) is 4.92 Å². The summed E-state index contributed by atoms with van der Waals surface area (Å²) < 4.78 is 0. The van der Waals surface area contributed by atoms with Crippen molar-refractivity contribution in [3.05, 3.63) is 34.4 Å². The van der Waals surface area contributed by atoms with E-state index in [1.54, 1.807) is 20.8 Å². The normalized spacial score (nSPS) is 10.8. The average Bonchev–Trinajstić information content (AvgIpc) is 2.35. The third kappa shape index (κ3) is 4.75. The molecule has 0 heterocycles. The predicted octanol–water partition coefficient (Wildman–Crippen LogP) is 2.31. The highest BCUT2D eigenvalue weighted by molar-refractivity contribution is 5.91. The van der Waals surface area contributed by atoms with Crippen molar-refractivity contribution in [1.82, 2.24) is 4.90 Å². The summed E-state index contributed by atoms with van der Waals surface area (Å²) in [4.78, 5) is 34.1. The second kappa shape index (κ2) is 6.21. The molecule has 2 amide bonds. The van der Waals surface area contributed by atoms with Gasteiger partial charge in [-0.05, 0) is 32.9 Å². The molecule has 2 N–H and O–H groups in total. The lowest BCUT2D eigenvalue weighted by atomic mass is 10.1. The number of hydrogen-bond acceptors (Lipinski definition) is 4. The van der Waals surface area contributed by atoms with Crippen molar-refractivity contribution in [3.8, 4) is 0 Å². The third-order valence-electron chi connectivity index (χ3n) is 2.68. The summed E-state index contributed by atoms with van der Waals surface area (Å²) >= 11 is 0. The Morgan fingerprint density at radius 2 is 1.81 bits per heavy atom.